The van der Waals surface area contributed by atoms with Gasteiger partial charge in [0.25, 0.3) is 0 Å². The maximum Gasteiger partial charge on any atom is 0.233 e. The first kappa shape index (κ1) is 14.2. The van der Waals surface area contributed by atoms with E-state index >= 15 is 0 Å². The Labute approximate surface area is 127 Å². The van der Waals surface area contributed by atoms with Crippen LogP contribution in [0.15, 0.2) is 35.2 Å². The number of carbonyl (C=O) groups is 1. The van der Waals surface area contributed by atoms with E-state index in [1.807, 2.05) is 36.7 Å². The second-order valence-electron chi connectivity index (χ2n) is 5.13. The van der Waals surface area contributed by atoms with Crippen molar-refractivity contribution in [1.29, 1.82) is 0 Å². The predicted molar refractivity (Wildman–Crippen MR) is 79.1 cm³/mol. The summed E-state index contributed by atoms with van der Waals surface area (Å²) in [5, 5.41) is 6.75. The van der Waals surface area contributed by atoms with Crippen molar-refractivity contribution in [2.75, 3.05) is 0 Å². The monoisotopic (exact) mass is 299 g/mol. The van der Waals surface area contributed by atoms with Crippen LogP contribution in [-0.4, -0.2) is 25.4 Å². The molecule has 0 radical (unpaired) electrons. The molecule has 114 valence electrons. The fourth-order valence-corrected chi connectivity index (χ4v) is 2.30. The number of nitrogens with zero attached hydrogens (tertiary/aromatic N) is 4. The van der Waals surface area contributed by atoms with Gasteiger partial charge in [-0.25, -0.2) is 9.97 Å². The number of amides is 1. The smallest absolute Gasteiger partial charge is 0.233 e. The number of carbonyl (C=O) groups excluding carboxylic acids is 1. The molecular formula is C15H17N5O2. The van der Waals surface area contributed by atoms with Gasteiger partial charge in [0.1, 0.15) is 5.76 Å². The Hall–Kier alpha value is -2.70. The molecule has 22 heavy (non-hydrogen) atoms. The van der Waals surface area contributed by atoms with Gasteiger partial charge in [-0.05, 0) is 19.4 Å². The number of hydrogen-bond donors (Lipinski definition) is 1. The molecule has 0 unspecified atom stereocenters. The van der Waals surface area contributed by atoms with Crippen LogP contribution in [-0.2, 0) is 11.2 Å². The van der Waals surface area contributed by atoms with Crippen LogP contribution in [0, 0.1) is 6.92 Å². The van der Waals surface area contributed by atoms with Gasteiger partial charge in [0.15, 0.2) is 0 Å². The lowest BCUT2D eigenvalue weighted by Gasteiger charge is -2.13. The maximum absolute atomic E-state index is 12.1. The number of fused-ring (bicyclic) bond motifs is 1. The second-order valence-corrected chi connectivity index (χ2v) is 5.13. The highest BCUT2D eigenvalue weighted by molar-refractivity contribution is 5.78. The molecule has 0 saturated carbocycles. The van der Waals surface area contributed by atoms with Crippen molar-refractivity contribution in [2.45, 2.75) is 32.7 Å². The van der Waals surface area contributed by atoms with Crippen LogP contribution < -0.4 is 5.32 Å². The highest BCUT2D eigenvalue weighted by atomic mass is 16.5. The van der Waals surface area contributed by atoms with Crippen LogP contribution in [0.25, 0.3) is 5.78 Å². The minimum atomic E-state index is -0.154. The summed E-state index contributed by atoms with van der Waals surface area (Å²) >= 11 is 0. The Kier molecular flexibility index (Phi) is 3.86. The quantitative estimate of drug-likeness (QED) is 0.777. The molecule has 3 heterocycles. The predicted octanol–water partition coefficient (Wildman–Crippen LogP) is 1.84. The van der Waals surface area contributed by atoms with E-state index < -0.39 is 0 Å². The minimum absolute atomic E-state index is 0.118. The van der Waals surface area contributed by atoms with Crippen molar-refractivity contribution in [3.8, 4) is 0 Å². The molecule has 3 rings (SSSR count). The summed E-state index contributed by atoms with van der Waals surface area (Å²) in [4.78, 5) is 20.8. The summed E-state index contributed by atoms with van der Waals surface area (Å²) in [6.07, 6.45) is 6.37. The van der Waals surface area contributed by atoms with Gasteiger partial charge in [-0.3, -0.25) is 9.20 Å². The molecule has 0 aliphatic rings. The molecule has 0 aliphatic heterocycles. The second kappa shape index (κ2) is 5.97. The molecule has 0 saturated heterocycles. The first-order valence-electron chi connectivity index (χ1n) is 7.17. The van der Waals surface area contributed by atoms with Gasteiger partial charge in [0, 0.05) is 24.7 Å². The van der Waals surface area contributed by atoms with E-state index in [2.05, 4.69) is 20.4 Å². The Morgan fingerprint density at radius 3 is 3.05 bits per heavy atom. The van der Waals surface area contributed by atoms with Gasteiger partial charge in [0.05, 0.1) is 23.9 Å². The third kappa shape index (κ3) is 2.98. The number of imidazole rings is 1. The Bertz CT molecular complexity index is 759. The van der Waals surface area contributed by atoms with Gasteiger partial charge < -0.3 is 9.84 Å². The van der Waals surface area contributed by atoms with E-state index in [4.69, 9.17) is 4.52 Å². The summed E-state index contributed by atoms with van der Waals surface area (Å²) in [6.45, 7) is 3.82. The number of aryl methyl sites for hydroxylation is 1. The molecule has 3 aromatic rings. The summed E-state index contributed by atoms with van der Waals surface area (Å²) < 4.78 is 6.90. The number of nitrogens with one attached hydrogen (secondary N) is 1. The summed E-state index contributed by atoms with van der Waals surface area (Å²) in [5.74, 6) is 1.06. The largest absolute Gasteiger partial charge is 0.361 e. The first-order valence-corrected chi connectivity index (χ1v) is 7.17. The molecule has 0 fully saturated rings. The number of hydrogen-bond acceptors (Lipinski definition) is 5. The average molecular weight is 299 g/mol. The van der Waals surface area contributed by atoms with Gasteiger partial charge in [-0.1, -0.05) is 12.1 Å². The fraction of sp³-hybridized carbons (Fsp3) is 0.333. The Morgan fingerprint density at radius 2 is 2.36 bits per heavy atom. The van der Waals surface area contributed by atoms with E-state index in [1.165, 1.54) is 0 Å². The van der Waals surface area contributed by atoms with Gasteiger partial charge >= 0.3 is 0 Å². The lowest BCUT2D eigenvalue weighted by molar-refractivity contribution is -0.121. The average Bonchev–Trinajstić information content (AvgIpc) is 3.10. The van der Waals surface area contributed by atoms with Crippen LogP contribution in [0.2, 0.25) is 0 Å². The first-order chi connectivity index (χ1) is 10.7. The summed E-state index contributed by atoms with van der Waals surface area (Å²) in [5.41, 5.74) is 1.56. The third-order valence-corrected chi connectivity index (χ3v) is 3.37. The third-order valence-electron chi connectivity index (χ3n) is 3.37. The molecule has 7 nitrogen and oxygen atoms in total. The molecule has 1 amide bonds. The van der Waals surface area contributed by atoms with Crippen molar-refractivity contribution in [3.63, 3.8) is 0 Å². The molecule has 7 heteroatoms. The number of aromatic nitrogens is 4. The Balaban J connectivity index is 1.72. The molecule has 3 aromatic heterocycles. The maximum atomic E-state index is 12.1. The van der Waals surface area contributed by atoms with E-state index in [9.17, 15) is 4.79 Å². The Morgan fingerprint density at radius 1 is 1.50 bits per heavy atom. The molecule has 1 N–H and O–H groups in total. The van der Waals surface area contributed by atoms with Crippen molar-refractivity contribution in [2.24, 2.45) is 0 Å². The van der Waals surface area contributed by atoms with Crippen molar-refractivity contribution in [3.05, 3.63) is 47.9 Å². The highest BCUT2D eigenvalue weighted by Crippen LogP contribution is 2.16. The van der Waals surface area contributed by atoms with Crippen LogP contribution in [0.5, 0.6) is 0 Å². The van der Waals surface area contributed by atoms with Crippen LogP contribution in [0.1, 0.15) is 36.5 Å². The van der Waals surface area contributed by atoms with Crippen LogP contribution in [0.4, 0.5) is 0 Å². The normalized spacial score (nSPS) is 12.5. The molecular weight excluding hydrogens is 282 g/mol. The zero-order chi connectivity index (χ0) is 15.5. The van der Waals surface area contributed by atoms with Gasteiger partial charge in [0.2, 0.25) is 11.7 Å². The van der Waals surface area contributed by atoms with Crippen molar-refractivity contribution in [1.82, 2.24) is 24.8 Å². The van der Waals surface area contributed by atoms with E-state index in [0.717, 1.165) is 17.8 Å². The van der Waals surface area contributed by atoms with Gasteiger partial charge in [-0.15, -0.1) is 0 Å². The van der Waals surface area contributed by atoms with Crippen molar-refractivity contribution < 1.29 is 9.32 Å². The SMILES string of the molecule is CC[C@H](NC(=O)Cc1cc(C)no1)c1cn2cccnc2n1. The highest BCUT2D eigenvalue weighted by Gasteiger charge is 2.17. The van der Waals surface area contributed by atoms with E-state index in [1.54, 1.807) is 12.3 Å². The summed E-state index contributed by atoms with van der Waals surface area (Å²) in [6, 6.07) is 3.44. The molecule has 0 aromatic carbocycles. The van der Waals surface area contributed by atoms with Crippen LogP contribution >= 0.6 is 0 Å². The fourth-order valence-electron chi connectivity index (χ4n) is 2.30. The lowest BCUT2D eigenvalue weighted by Crippen LogP contribution is -2.29. The molecule has 0 aliphatic carbocycles. The van der Waals surface area contributed by atoms with Crippen LogP contribution in [0.3, 0.4) is 0 Å². The zero-order valence-electron chi connectivity index (χ0n) is 12.5. The lowest BCUT2D eigenvalue weighted by atomic mass is 10.1. The van der Waals surface area contributed by atoms with Crippen molar-refractivity contribution >= 4 is 11.7 Å². The van der Waals surface area contributed by atoms with E-state index in [-0.39, 0.29) is 18.4 Å². The molecule has 0 bridgehead atoms. The number of rotatable bonds is 5. The standard InChI is InChI=1S/C15H17N5O2/c1-3-12(13-9-20-6-4-5-16-15(20)18-13)17-14(21)8-11-7-10(2)19-22-11/h4-7,9,12H,3,8H2,1-2H3,(H,17,21)/t12-/m0/s1. The van der Waals surface area contributed by atoms with Gasteiger partial charge in [-0.2, -0.15) is 0 Å². The zero-order valence-corrected chi connectivity index (χ0v) is 12.5. The van der Waals surface area contributed by atoms with E-state index in [0.29, 0.717) is 11.5 Å². The molecule has 1 atom stereocenters. The summed E-state index contributed by atoms with van der Waals surface area (Å²) in [7, 11) is 0. The molecule has 0 spiro atoms. The minimum Gasteiger partial charge on any atom is -0.361 e. The topological polar surface area (TPSA) is 85.3 Å².